The maximum Gasteiger partial charge on any atom is 0.337 e. The number of ether oxygens (including phenoxy) is 2. The Labute approximate surface area is 163 Å². The lowest BCUT2D eigenvalue weighted by molar-refractivity contribution is 0.0601. The molecule has 2 N–H and O–H groups in total. The monoisotopic (exact) mass is 392 g/mol. The van der Waals surface area contributed by atoms with E-state index in [9.17, 15) is 4.79 Å². The lowest BCUT2D eigenvalue weighted by atomic mass is 10.1. The van der Waals surface area contributed by atoms with Crippen LogP contribution in [-0.2, 0) is 11.2 Å². The molecule has 0 aromatic heterocycles. The molecule has 0 unspecified atom stereocenters. The number of carbonyl (C=O) groups is 1. The molecule has 0 amide bonds. The molecular weight excluding hydrogens is 372 g/mol. The van der Waals surface area contributed by atoms with Crippen LogP contribution in [0, 0.1) is 0 Å². The van der Waals surface area contributed by atoms with Crippen molar-refractivity contribution >= 4 is 40.6 Å². The van der Waals surface area contributed by atoms with Crippen molar-refractivity contribution in [1.29, 1.82) is 0 Å². The van der Waals surface area contributed by atoms with Gasteiger partial charge in [-0.25, -0.2) is 4.79 Å². The number of thiocarbonyl (C=S) groups is 1. The third-order valence-corrected chi connectivity index (χ3v) is 4.27. The standard InChI is InChI=1S/C19H21ClN2O3S/c1-24-15-7-3-5-13(11-15)6-4-10-21-19(26)22-17-12-14(18(23)25-2)8-9-16(17)20/h3,5,7-9,11-12H,4,6,10H2,1-2H3,(H2,21,22,26). The van der Waals surface area contributed by atoms with Crippen LogP contribution < -0.4 is 15.4 Å². The quantitative estimate of drug-likeness (QED) is 0.421. The molecule has 0 aliphatic rings. The summed E-state index contributed by atoms with van der Waals surface area (Å²) in [4.78, 5) is 11.6. The first-order chi connectivity index (χ1) is 12.5. The van der Waals surface area contributed by atoms with Gasteiger partial charge in [-0.05, 0) is 61.0 Å². The number of esters is 1. The van der Waals surface area contributed by atoms with Gasteiger partial charge in [0.25, 0.3) is 0 Å². The second kappa shape index (κ2) is 9.99. The summed E-state index contributed by atoms with van der Waals surface area (Å²) in [5, 5.41) is 7.06. The van der Waals surface area contributed by atoms with Crippen molar-refractivity contribution < 1.29 is 14.3 Å². The molecule has 0 heterocycles. The number of anilines is 1. The number of carbonyl (C=O) groups excluding carboxylic acids is 1. The molecule has 2 aromatic carbocycles. The van der Waals surface area contributed by atoms with E-state index in [1.54, 1.807) is 25.3 Å². The molecule has 0 atom stereocenters. The van der Waals surface area contributed by atoms with E-state index in [1.165, 1.54) is 12.7 Å². The summed E-state index contributed by atoms with van der Waals surface area (Å²) in [7, 11) is 2.99. The van der Waals surface area contributed by atoms with Crippen LogP contribution in [0.15, 0.2) is 42.5 Å². The number of benzene rings is 2. The molecular formula is C19H21ClN2O3S. The zero-order valence-electron chi connectivity index (χ0n) is 14.7. The van der Waals surface area contributed by atoms with E-state index in [1.807, 2.05) is 18.2 Å². The van der Waals surface area contributed by atoms with Crippen LogP contribution in [0.4, 0.5) is 5.69 Å². The Kier molecular flexibility index (Phi) is 7.69. The molecule has 2 aromatic rings. The van der Waals surface area contributed by atoms with Crippen LogP contribution in [0.25, 0.3) is 0 Å². The summed E-state index contributed by atoms with van der Waals surface area (Å²) in [6.07, 6.45) is 1.82. The largest absolute Gasteiger partial charge is 0.497 e. The van der Waals surface area contributed by atoms with E-state index >= 15 is 0 Å². The molecule has 0 saturated heterocycles. The SMILES string of the molecule is COC(=O)c1ccc(Cl)c(NC(=S)NCCCc2cccc(OC)c2)c1. The van der Waals surface area contributed by atoms with Crippen LogP contribution in [0.5, 0.6) is 5.75 Å². The molecule has 0 bridgehead atoms. The van der Waals surface area contributed by atoms with Crippen molar-refractivity contribution in [3.8, 4) is 5.75 Å². The van der Waals surface area contributed by atoms with E-state index in [0.717, 1.165) is 18.6 Å². The van der Waals surface area contributed by atoms with Gasteiger partial charge in [0, 0.05) is 6.54 Å². The third kappa shape index (κ3) is 5.89. The number of aryl methyl sites for hydroxylation is 1. The van der Waals surface area contributed by atoms with Crippen LogP contribution >= 0.6 is 23.8 Å². The highest BCUT2D eigenvalue weighted by atomic mass is 35.5. The molecule has 0 spiro atoms. The normalized spacial score (nSPS) is 10.1. The minimum Gasteiger partial charge on any atom is -0.497 e. The maximum absolute atomic E-state index is 11.6. The van der Waals surface area contributed by atoms with Crippen molar-refractivity contribution in [2.45, 2.75) is 12.8 Å². The van der Waals surface area contributed by atoms with Crippen LogP contribution in [-0.4, -0.2) is 31.8 Å². The molecule has 138 valence electrons. The molecule has 0 fully saturated rings. The van der Waals surface area contributed by atoms with Gasteiger partial charge < -0.3 is 20.1 Å². The maximum atomic E-state index is 11.6. The first-order valence-electron chi connectivity index (χ1n) is 8.09. The number of hydrogen-bond donors (Lipinski definition) is 2. The fourth-order valence-corrected chi connectivity index (χ4v) is 2.73. The predicted molar refractivity (Wildman–Crippen MR) is 108 cm³/mol. The van der Waals surface area contributed by atoms with E-state index in [2.05, 4.69) is 16.7 Å². The average Bonchev–Trinajstić information content (AvgIpc) is 2.66. The van der Waals surface area contributed by atoms with E-state index in [-0.39, 0.29) is 0 Å². The van der Waals surface area contributed by atoms with Crippen LogP contribution in [0.3, 0.4) is 0 Å². The summed E-state index contributed by atoms with van der Waals surface area (Å²) < 4.78 is 9.93. The molecule has 0 saturated carbocycles. The summed E-state index contributed by atoms with van der Waals surface area (Å²) in [5.74, 6) is 0.426. The highest BCUT2D eigenvalue weighted by Gasteiger charge is 2.10. The van der Waals surface area contributed by atoms with Crippen molar-refractivity contribution in [1.82, 2.24) is 5.32 Å². The first-order valence-corrected chi connectivity index (χ1v) is 8.87. The lowest BCUT2D eigenvalue weighted by Gasteiger charge is -2.13. The van der Waals surface area contributed by atoms with Gasteiger partial charge in [0.1, 0.15) is 5.75 Å². The fourth-order valence-electron chi connectivity index (χ4n) is 2.35. The second-order valence-electron chi connectivity index (χ2n) is 5.52. The van der Waals surface area contributed by atoms with Gasteiger partial charge in [0.15, 0.2) is 5.11 Å². The van der Waals surface area contributed by atoms with E-state index < -0.39 is 5.97 Å². The Morgan fingerprint density at radius 3 is 2.73 bits per heavy atom. The van der Waals surface area contributed by atoms with Crippen molar-refractivity contribution in [2.75, 3.05) is 26.1 Å². The Morgan fingerprint density at radius 1 is 1.19 bits per heavy atom. The van der Waals surface area contributed by atoms with Gasteiger partial charge in [0.05, 0.1) is 30.5 Å². The zero-order chi connectivity index (χ0) is 18.9. The molecule has 26 heavy (non-hydrogen) atoms. The highest BCUT2D eigenvalue weighted by molar-refractivity contribution is 7.80. The topological polar surface area (TPSA) is 59.6 Å². The lowest BCUT2D eigenvalue weighted by Crippen LogP contribution is -2.29. The molecule has 0 aliphatic carbocycles. The van der Waals surface area contributed by atoms with Crippen LogP contribution in [0.1, 0.15) is 22.3 Å². The number of rotatable bonds is 7. The first kappa shape index (κ1) is 20.0. The number of nitrogens with one attached hydrogen (secondary N) is 2. The zero-order valence-corrected chi connectivity index (χ0v) is 16.2. The number of halogens is 1. The van der Waals surface area contributed by atoms with Gasteiger partial charge in [-0.15, -0.1) is 0 Å². The van der Waals surface area contributed by atoms with Gasteiger partial charge in [0.2, 0.25) is 0 Å². The Morgan fingerprint density at radius 2 is 2.00 bits per heavy atom. The van der Waals surface area contributed by atoms with E-state index in [4.69, 9.17) is 33.3 Å². The third-order valence-electron chi connectivity index (χ3n) is 3.70. The van der Waals surface area contributed by atoms with Crippen molar-refractivity contribution in [2.24, 2.45) is 0 Å². The minimum absolute atomic E-state index is 0.403. The molecule has 0 radical (unpaired) electrons. The van der Waals surface area contributed by atoms with Crippen molar-refractivity contribution in [3.63, 3.8) is 0 Å². The number of hydrogen-bond acceptors (Lipinski definition) is 4. The summed E-state index contributed by atoms with van der Waals surface area (Å²) in [6.45, 7) is 0.706. The summed E-state index contributed by atoms with van der Waals surface area (Å²) >= 11 is 11.4. The highest BCUT2D eigenvalue weighted by Crippen LogP contribution is 2.23. The fraction of sp³-hybridized carbons (Fsp3) is 0.263. The Hall–Kier alpha value is -2.31. The molecule has 0 aliphatic heterocycles. The second-order valence-corrected chi connectivity index (χ2v) is 6.34. The predicted octanol–water partition coefficient (Wildman–Crippen LogP) is 4.05. The summed E-state index contributed by atoms with van der Waals surface area (Å²) in [6, 6.07) is 12.8. The molecule has 2 rings (SSSR count). The van der Waals surface area contributed by atoms with E-state index in [0.29, 0.717) is 27.9 Å². The van der Waals surface area contributed by atoms with Gasteiger partial charge in [-0.3, -0.25) is 0 Å². The van der Waals surface area contributed by atoms with Gasteiger partial charge in [-0.2, -0.15) is 0 Å². The van der Waals surface area contributed by atoms with Crippen LogP contribution in [0.2, 0.25) is 5.02 Å². The molecule has 7 heteroatoms. The molecule has 5 nitrogen and oxygen atoms in total. The van der Waals surface area contributed by atoms with Crippen molar-refractivity contribution in [3.05, 3.63) is 58.6 Å². The minimum atomic E-state index is -0.429. The number of methoxy groups -OCH3 is 2. The van der Waals surface area contributed by atoms with Gasteiger partial charge >= 0.3 is 5.97 Å². The summed E-state index contributed by atoms with van der Waals surface area (Å²) in [5.41, 5.74) is 2.17. The Balaban J connectivity index is 1.82. The smallest absolute Gasteiger partial charge is 0.337 e. The van der Waals surface area contributed by atoms with Gasteiger partial charge in [-0.1, -0.05) is 23.7 Å². The average molecular weight is 393 g/mol. The Bertz CT molecular complexity index is 783.